The topological polar surface area (TPSA) is 111 Å². The van der Waals surface area contributed by atoms with E-state index in [1.807, 2.05) is 0 Å². The van der Waals surface area contributed by atoms with Crippen LogP contribution in [0.15, 0.2) is 52.3 Å². The second-order valence-electron chi connectivity index (χ2n) is 6.38. The van der Waals surface area contributed by atoms with Crippen LogP contribution < -0.4 is 18.9 Å². The van der Waals surface area contributed by atoms with E-state index in [0.717, 1.165) is 18.4 Å². The Bertz CT molecular complexity index is 1060. The van der Waals surface area contributed by atoms with Crippen LogP contribution in [0.1, 0.15) is 18.4 Å². The molecule has 0 saturated heterocycles. The van der Waals surface area contributed by atoms with E-state index >= 15 is 0 Å². The lowest BCUT2D eigenvalue weighted by molar-refractivity contribution is 0.174. The highest BCUT2D eigenvalue weighted by molar-refractivity contribution is 7.90. The third-order valence-electron chi connectivity index (χ3n) is 4.25. The molecule has 2 aliphatic rings. The average molecular weight is 410 g/mol. The summed E-state index contributed by atoms with van der Waals surface area (Å²) in [5.41, 5.74) is 0.718. The third kappa shape index (κ3) is 4.08. The van der Waals surface area contributed by atoms with Crippen LogP contribution in [0.3, 0.4) is 0 Å². The molecule has 1 aliphatic heterocycles. The molecule has 0 spiro atoms. The van der Waals surface area contributed by atoms with Gasteiger partial charge in [-0.2, -0.15) is 0 Å². The lowest BCUT2D eigenvalue weighted by Crippen LogP contribution is -2.26. The van der Waals surface area contributed by atoms with Crippen molar-refractivity contribution >= 4 is 20.0 Å². The predicted molar refractivity (Wildman–Crippen MR) is 96.4 cm³/mol. The van der Waals surface area contributed by atoms with Crippen molar-refractivity contribution in [1.29, 1.82) is 0 Å². The summed E-state index contributed by atoms with van der Waals surface area (Å²) < 4.78 is 64.8. The Balaban J connectivity index is 1.45. The van der Waals surface area contributed by atoms with E-state index in [1.165, 1.54) is 24.3 Å². The average Bonchev–Trinajstić information content (AvgIpc) is 3.32. The van der Waals surface area contributed by atoms with E-state index in [4.69, 9.17) is 9.47 Å². The van der Waals surface area contributed by atoms with Crippen LogP contribution in [0.5, 0.6) is 11.5 Å². The number of fused-ring (bicyclic) bond motifs is 1. The van der Waals surface area contributed by atoms with Crippen molar-refractivity contribution in [2.75, 3.05) is 6.79 Å². The maximum atomic E-state index is 12.5. The fraction of sp³-hybridized carbons (Fsp3) is 0.294. The summed E-state index contributed by atoms with van der Waals surface area (Å²) in [6, 6.07) is 10.3. The predicted octanol–water partition coefficient (Wildman–Crippen LogP) is 1.33. The van der Waals surface area contributed by atoms with E-state index in [9.17, 15) is 16.8 Å². The first-order valence-electron chi connectivity index (χ1n) is 8.34. The molecule has 0 unspecified atom stereocenters. The number of hydrogen-bond acceptors (Lipinski definition) is 6. The Hall–Kier alpha value is -2.14. The summed E-state index contributed by atoms with van der Waals surface area (Å²) >= 11 is 0. The van der Waals surface area contributed by atoms with Crippen molar-refractivity contribution in [3.05, 3.63) is 48.0 Å². The Morgan fingerprint density at radius 3 is 2.15 bits per heavy atom. The van der Waals surface area contributed by atoms with Crippen LogP contribution in [0.2, 0.25) is 0 Å². The molecule has 2 N–H and O–H groups in total. The Morgan fingerprint density at radius 2 is 1.48 bits per heavy atom. The molecule has 2 aromatic rings. The summed E-state index contributed by atoms with van der Waals surface area (Å²) in [5, 5.41) is 0. The maximum Gasteiger partial charge on any atom is 0.240 e. The molecular weight excluding hydrogens is 392 g/mol. The molecule has 10 heteroatoms. The number of ether oxygens (including phenoxy) is 2. The molecule has 1 heterocycles. The lowest BCUT2D eigenvalue weighted by atomic mass is 10.2. The van der Waals surface area contributed by atoms with Crippen LogP contribution in [-0.4, -0.2) is 29.7 Å². The largest absolute Gasteiger partial charge is 0.454 e. The van der Waals surface area contributed by atoms with Gasteiger partial charge in [-0.05, 0) is 54.8 Å². The molecule has 8 nitrogen and oxygen atoms in total. The highest BCUT2D eigenvalue weighted by Crippen LogP contribution is 2.32. The number of sulfonamides is 2. The van der Waals surface area contributed by atoms with Crippen molar-refractivity contribution in [2.24, 2.45) is 0 Å². The van der Waals surface area contributed by atoms with Gasteiger partial charge in [0, 0.05) is 12.6 Å². The van der Waals surface area contributed by atoms with Gasteiger partial charge in [0.15, 0.2) is 11.5 Å². The highest BCUT2D eigenvalue weighted by Gasteiger charge is 2.28. The second-order valence-corrected chi connectivity index (χ2v) is 9.86. The van der Waals surface area contributed by atoms with Crippen molar-refractivity contribution in [3.63, 3.8) is 0 Å². The van der Waals surface area contributed by atoms with Crippen LogP contribution in [0.25, 0.3) is 0 Å². The van der Waals surface area contributed by atoms with E-state index in [2.05, 4.69) is 9.44 Å². The second kappa shape index (κ2) is 6.79. The maximum absolute atomic E-state index is 12.5. The van der Waals surface area contributed by atoms with Gasteiger partial charge in [-0.3, -0.25) is 0 Å². The van der Waals surface area contributed by atoms with Crippen molar-refractivity contribution in [3.8, 4) is 11.5 Å². The van der Waals surface area contributed by atoms with Gasteiger partial charge in [0.05, 0.1) is 9.79 Å². The van der Waals surface area contributed by atoms with Gasteiger partial charge in [0.2, 0.25) is 26.8 Å². The van der Waals surface area contributed by atoms with Crippen LogP contribution in [-0.2, 0) is 26.6 Å². The Kier molecular flexibility index (Phi) is 4.58. The molecule has 0 radical (unpaired) electrons. The number of benzene rings is 2. The zero-order chi connectivity index (χ0) is 19.1. The first kappa shape index (κ1) is 18.2. The van der Waals surface area contributed by atoms with Crippen LogP contribution in [0, 0.1) is 0 Å². The van der Waals surface area contributed by atoms with Gasteiger partial charge in [-0.25, -0.2) is 26.3 Å². The van der Waals surface area contributed by atoms with Gasteiger partial charge < -0.3 is 9.47 Å². The first-order valence-corrected chi connectivity index (χ1v) is 11.3. The molecule has 1 aliphatic carbocycles. The molecule has 0 atom stereocenters. The quantitative estimate of drug-likeness (QED) is 0.713. The highest BCUT2D eigenvalue weighted by atomic mass is 32.2. The fourth-order valence-corrected chi connectivity index (χ4v) is 4.92. The van der Waals surface area contributed by atoms with E-state index in [-0.39, 0.29) is 29.2 Å². The standard InChI is InChI=1S/C17H18N2O6S2/c20-26(21,18-10-12-1-8-16-17(9-12)25-11-24-16)14-4-6-15(7-5-14)27(22,23)19-13-2-3-13/h1,4-9,13,18-19H,2-3,10-11H2. The zero-order valence-electron chi connectivity index (χ0n) is 14.2. The molecule has 0 bridgehead atoms. The van der Waals surface area contributed by atoms with Gasteiger partial charge in [-0.15, -0.1) is 0 Å². The number of hydrogen-bond donors (Lipinski definition) is 2. The minimum Gasteiger partial charge on any atom is -0.454 e. The molecule has 0 amide bonds. The molecule has 0 aromatic heterocycles. The Labute approximate surface area is 157 Å². The molecule has 1 saturated carbocycles. The van der Waals surface area contributed by atoms with E-state index < -0.39 is 20.0 Å². The summed E-state index contributed by atoms with van der Waals surface area (Å²) in [7, 11) is -7.39. The first-order chi connectivity index (χ1) is 12.8. The molecule has 2 aromatic carbocycles. The molecule has 27 heavy (non-hydrogen) atoms. The SMILES string of the molecule is O=S(=O)(NCc1ccc2c(c1)OCO2)c1ccc(S(=O)(=O)NC2CC2)cc1. The van der Waals surface area contributed by atoms with Gasteiger partial charge >= 0.3 is 0 Å². The third-order valence-corrected chi connectivity index (χ3v) is 7.20. The van der Waals surface area contributed by atoms with Crippen molar-refractivity contribution < 1.29 is 26.3 Å². The zero-order valence-corrected chi connectivity index (χ0v) is 15.8. The normalized spacial score (nSPS) is 16.4. The molecule has 1 fully saturated rings. The van der Waals surface area contributed by atoms with Crippen molar-refractivity contribution in [2.45, 2.75) is 35.2 Å². The minimum atomic E-state index is -3.78. The van der Waals surface area contributed by atoms with Gasteiger partial charge in [-0.1, -0.05) is 6.07 Å². The molecular formula is C17H18N2O6S2. The van der Waals surface area contributed by atoms with Gasteiger partial charge in [0.25, 0.3) is 0 Å². The summed E-state index contributed by atoms with van der Waals surface area (Å²) in [5.74, 6) is 1.20. The van der Waals surface area contributed by atoms with Crippen LogP contribution in [0.4, 0.5) is 0 Å². The fourth-order valence-electron chi connectivity index (χ4n) is 2.60. The minimum absolute atomic E-state index is 0.00591. The number of rotatable bonds is 7. The molecule has 4 rings (SSSR count). The summed E-state index contributed by atoms with van der Waals surface area (Å²) in [4.78, 5) is 0.0396. The van der Waals surface area contributed by atoms with E-state index in [1.54, 1.807) is 18.2 Å². The summed E-state index contributed by atoms with van der Waals surface area (Å²) in [6.45, 7) is 0.220. The molecule has 144 valence electrons. The Morgan fingerprint density at radius 1 is 0.852 bits per heavy atom. The smallest absolute Gasteiger partial charge is 0.240 e. The van der Waals surface area contributed by atoms with E-state index in [0.29, 0.717) is 11.5 Å². The summed E-state index contributed by atoms with van der Waals surface area (Å²) in [6.07, 6.45) is 1.66. The van der Waals surface area contributed by atoms with Gasteiger partial charge in [0.1, 0.15) is 0 Å². The van der Waals surface area contributed by atoms with Crippen molar-refractivity contribution in [1.82, 2.24) is 9.44 Å². The van der Waals surface area contributed by atoms with Crippen LogP contribution >= 0.6 is 0 Å². The lowest BCUT2D eigenvalue weighted by Gasteiger charge is -2.09. The number of nitrogens with one attached hydrogen (secondary N) is 2. The monoisotopic (exact) mass is 410 g/mol.